The summed E-state index contributed by atoms with van der Waals surface area (Å²) in [4.78, 5) is 2.46. The zero-order valence-electron chi connectivity index (χ0n) is 9.72. The van der Waals surface area contributed by atoms with E-state index in [-0.39, 0.29) is 0 Å². The van der Waals surface area contributed by atoms with Gasteiger partial charge in [-0.05, 0) is 50.1 Å². The summed E-state index contributed by atoms with van der Waals surface area (Å²) < 4.78 is 0. The second-order valence-electron chi connectivity index (χ2n) is 6.28. The molecule has 0 amide bonds. The first-order chi connectivity index (χ1) is 5.88. The lowest BCUT2D eigenvalue weighted by molar-refractivity contribution is 0.0348. The third-order valence-electron chi connectivity index (χ3n) is 4.71. The van der Waals surface area contributed by atoms with Crippen molar-refractivity contribution in [1.82, 2.24) is 4.90 Å². The van der Waals surface area contributed by atoms with Crippen molar-refractivity contribution in [2.24, 2.45) is 16.7 Å². The average molecular weight is 181 g/mol. The van der Waals surface area contributed by atoms with Gasteiger partial charge in [0.2, 0.25) is 0 Å². The second-order valence-corrected chi connectivity index (χ2v) is 6.28. The molecule has 76 valence electrons. The van der Waals surface area contributed by atoms with Gasteiger partial charge >= 0.3 is 0 Å². The largest absolute Gasteiger partial charge is 0.305 e. The highest BCUT2D eigenvalue weighted by atomic mass is 15.1. The van der Waals surface area contributed by atoms with E-state index in [0.29, 0.717) is 10.8 Å². The number of fused-ring (bicyclic) bond motifs is 2. The highest BCUT2D eigenvalue weighted by molar-refractivity contribution is 5.11. The standard InChI is InChI=1S/C12H23N/c1-11(2)9-6-7-12(3,8-9)10(11)13(4)5/h9-10H,6-8H2,1-5H3/t9-,10+,12-/m0/s1. The average Bonchev–Trinajstić information content (AvgIpc) is 2.36. The molecule has 2 fully saturated rings. The van der Waals surface area contributed by atoms with Crippen LogP contribution in [-0.4, -0.2) is 25.0 Å². The third-order valence-corrected chi connectivity index (χ3v) is 4.71. The van der Waals surface area contributed by atoms with Crippen molar-refractivity contribution in [2.75, 3.05) is 14.1 Å². The van der Waals surface area contributed by atoms with E-state index in [4.69, 9.17) is 0 Å². The minimum atomic E-state index is 0.538. The monoisotopic (exact) mass is 181 g/mol. The molecular formula is C12H23N. The molecule has 0 heterocycles. The fourth-order valence-corrected chi connectivity index (χ4v) is 4.56. The van der Waals surface area contributed by atoms with Crippen LogP contribution in [0.5, 0.6) is 0 Å². The van der Waals surface area contributed by atoms with Gasteiger partial charge in [0.25, 0.3) is 0 Å². The number of hydrogen-bond donors (Lipinski definition) is 0. The van der Waals surface area contributed by atoms with Crippen molar-refractivity contribution >= 4 is 0 Å². The maximum absolute atomic E-state index is 2.49. The van der Waals surface area contributed by atoms with Crippen LogP contribution in [0.1, 0.15) is 40.0 Å². The van der Waals surface area contributed by atoms with Gasteiger partial charge in [-0.1, -0.05) is 20.8 Å². The molecule has 2 rings (SSSR count). The Morgan fingerprint density at radius 3 is 2.08 bits per heavy atom. The topological polar surface area (TPSA) is 3.24 Å². The molecule has 0 aliphatic heterocycles. The lowest BCUT2D eigenvalue weighted by atomic mass is 9.68. The van der Waals surface area contributed by atoms with Gasteiger partial charge in [-0.15, -0.1) is 0 Å². The van der Waals surface area contributed by atoms with Crippen LogP contribution in [0.4, 0.5) is 0 Å². The first-order valence-electron chi connectivity index (χ1n) is 5.54. The van der Waals surface area contributed by atoms with Crippen molar-refractivity contribution in [1.29, 1.82) is 0 Å². The first kappa shape index (κ1) is 9.51. The van der Waals surface area contributed by atoms with E-state index < -0.39 is 0 Å². The molecule has 2 saturated carbocycles. The summed E-state index contributed by atoms with van der Waals surface area (Å²) in [7, 11) is 4.50. The fourth-order valence-electron chi connectivity index (χ4n) is 4.56. The van der Waals surface area contributed by atoms with E-state index in [1.807, 2.05) is 0 Å². The summed E-state index contributed by atoms with van der Waals surface area (Å²) in [6.07, 6.45) is 4.38. The molecule has 0 aromatic rings. The Labute approximate surface area is 82.5 Å². The molecule has 0 saturated heterocycles. The predicted octanol–water partition coefficient (Wildman–Crippen LogP) is 2.76. The van der Waals surface area contributed by atoms with Crippen LogP contribution in [0.25, 0.3) is 0 Å². The van der Waals surface area contributed by atoms with Crippen molar-refractivity contribution in [3.05, 3.63) is 0 Å². The van der Waals surface area contributed by atoms with Crippen LogP contribution in [0, 0.1) is 16.7 Å². The molecule has 0 spiro atoms. The maximum atomic E-state index is 2.49. The van der Waals surface area contributed by atoms with Gasteiger partial charge < -0.3 is 4.90 Å². The molecule has 3 atom stereocenters. The van der Waals surface area contributed by atoms with Crippen LogP contribution < -0.4 is 0 Å². The van der Waals surface area contributed by atoms with E-state index >= 15 is 0 Å². The van der Waals surface area contributed by atoms with Gasteiger partial charge in [0.1, 0.15) is 0 Å². The van der Waals surface area contributed by atoms with Crippen LogP contribution >= 0.6 is 0 Å². The SMILES string of the molecule is CN(C)[C@@H]1C(C)(C)[C@H]2CC[C@@]1(C)C2. The van der Waals surface area contributed by atoms with Crippen molar-refractivity contribution in [3.63, 3.8) is 0 Å². The Morgan fingerprint density at radius 2 is 1.77 bits per heavy atom. The molecule has 1 heteroatoms. The molecular weight excluding hydrogens is 158 g/mol. The van der Waals surface area contributed by atoms with Gasteiger partial charge in [0.15, 0.2) is 0 Å². The lowest BCUT2D eigenvalue weighted by Gasteiger charge is -2.46. The van der Waals surface area contributed by atoms with E-state index in [0.717, 1.165) is 12.0 Å². The Bertz CT molecular complexity index is 214. The van der Waals surface area contributed by atoms with E-state index in [9.17, 15) is 0 Å². The summed E-state index contributed by atoms with van der Waals surface area (Å²) in [5.74, 6) is 0.977. The highest BCUT2D eigenvalue weighted by Gasteiger charge is 2.59. The minimum Gasteiger partial charge on any atom is -0.305 e. The Morgan fingerprint density at radius 1 is 1.15 bits per heavy atom. The van der Waals surface area contributed by atoms with Crippen molar-refractivity contribution < 1.29 is 0 Å². The van der Waals surface area contributed by atoms with Gasteiger partial charge in [0, 0.05) is 6.04 Å². The summed E-state index contributed by atoms with van der Waals surface area (Å²) in [6.45, 7) is 7.42. The zero-order valence-corrected chi connectivity index (χ0v) is 9.72. The molecule has 2 aliphatic carbocycles. The quantitative estimate of drug-likeness (QED) is 0.601. The Kier molecular flexibility index (Phi) is 1.83. The molecule has 2 bridgehead atoms. The summed E-state index contributed by atoms with van der Waals surface area (Å²) in [5.41, 5.74) is 1.15. The number of hydrogen-bond acceptors (Lipinski definition) is 1. The Balaban J connectivity index is 2.34. The molecule has 0 unspecified atom stereocenters. The summed E-state index contributed by atoms with van der Waals surface area (Å²) in [6, 6.07) is 0.791. The van der Waals surface area contributed by atoms with E-state index in [2.05, 4.69) is 39.8 Å². The van der Waals surface area contributed by atoms with Crippen molar-refractivity contribution in [2.45, 2.75) is 46.1 Å². The molecule has 2 aliphatic rings. The Hall–Kier alpha value is -0.0400. The van der Waals surface area contributed by atoms with E-state index in [1.54, 1.807) is 0 Å². The molecule has 0 N–H and O–H groups in total. The van der Waals surface area contributed by atoms with Gasteiger partial charge in [-0.2, -0.15) is 0 Å². The normalized spacial score (nSPS) is 47.5. The predicted molar refractivity (Wildman–Crippen MR) is 56.7 cm³/mol. The summed E-state index contributed by atoms with van der Waals surface area (Å²) in [5, 5.41) is 0. The first-order valence-corrected chi connectivity index (χ1v) is 5.54. The molecule has 13 heavy (non-hydrogen) atoms. The van der Waals surface area contributed by atoms with Crippen LogP contribution in [-0.2, 0) is 0 Å². The second kappa shape index (κ2) is 2.50. The van der Waals surface area contributed by atoms with Crippen LogP contribution in [0.15, 0.2) is 0 Å². The lowest BCUT2D eigenvalue weighted by Crippen LogP contribution is -2.49. The third kappa shape index (κ3) is 1.09. The van der Waals surface area contributed by atoms with Gasteiger partial charge in [0.05, 0.1) is 0 Å². The van der Waals surface area contributed by atoms with Gasteiger partial charge in [-0.25, -0.2) is 0 Å². The van der Waals surface area contributed by atoms with Crippen LogP contribution in [0.2, 0.25) is 0 Å². The van der Waals surface area contributed by atoms with E-state index in [1.165, 1.54) is 19.3 Å². The van der Waals surface area contributed by atoms with Gasteiger partial charge in [-0.3, -0.25) is 0 Å². The van der Waals surface area contributed by atoms with Crippen LogP contribution in [0.3, 0.4) is 0 Å². The van der Waals surface area contributed by atoms with Crippen molar-refractivity contribution in [3.8, 4) is 0 Å². The number of nitrogens with zero attached hydrogens (tertiary/aromatic N) is 1. The zero-order chi connectivity index (χ0) is 9.85. The molecule has 0 radical (unpaired) electrons. The minimum absolute atomic E-state index is 0.538. The number of rotatable bonds is 1. The molecule has 0 aromatic carbocycles. The molecule has 0 aromatic heterocycles. The smallest absolute Gasteiger partial charge is 0.0197 e. The fraction of sp³-hybridized carbons (Fsp3) is 1.00. The molecule has 1 nitrogen and oxygen atoms in total. The maximum Gasteiger partial charge on any atom is 0.0197 e. The highest BCUT2D eigenvalue weighted by Crippen LogP contribution is 2.63. The summed E-state index contributed by atoms with van der Waals surface area (Å²) >= 11 is 0.